The predicted octanol–water partition coefficient (Wildman–Crippen LogP) is 2.62. The largest absolute Gasteiger partial charge is 0.368 e. The van der Waals surface area contributed by atoms with Crippen molar-refractivity contribution in [1.82, 2.24) is 15.1 Å². The Balaban J connectivity index is 0.00000243. The number of guanidine groups is 1. The number of halogens is 2. The van der Waals surface area contributed by atoms with E-state index in [0.717, 1.165) is 50.4 Å². The van der Waals surface area contributed by atoms with Crippen LogP contribution in [0.5, 0.6) is 0 Å². The molecule has 1 unspecified atom stereocenters. The van der Waals surface area contributed by atoms with E-state index < -0.39 is 0 Å². The smallest absolute Gasteiger partial charge is 0.193 e. The van der Waals surface area contributed by atoms with E-state index in [4.69, 9.17) is 0 Å². The van der Waals surface area contributed by atoms with E-state index in [1.165, 1.54) is 25.0 Å². The van der Waals surface area contributed by atoms with Crippen molar-refractivity contribution in [2.24, 2.45) is 4.99 Å². The summed E-state index contributed by atoms with van der Waals surface area (Å²) in [4.78, 5) is 11.5. The van der Waals surface area contributed by atoms with E-state index in [1.807, 2.05) is 19.2 Å². The minimum atomic E-state index is -0.183. The van der Waals surface area contributed by atoms with Crippen LogP contribution in [0.4, 0.5) is 10.1 Å². The summed E-state index contributed by atoms with van der Waals surface area (Å²) in [6.45, 7) is 6.87. The molecule has 1 atom stereocenters. The molecule has 0 aromatic heterocycles. The molecule has 1 aliphatic carbocycles. The Morgan fingerprint density at radius 3 is 2.38 bits per heavy atom. The molecular formula is C19H31FIN5. The maximum absolute atomic E-state index is 13.1. The van der Waals surface area contributed by atoms with Gasteiger partial charge in [-0.15, -0.1) is 24.0 Å². The molecule has 1 heterocycles. The number of aliphatic imine (C=N–C) groups is 1. The molecule has 1 saturated heterocycles. The summed E-state index contributed by atoms with van der Waals surface area (Å²) in [5, 5.41) is 3.53. The monoisotopic (exact) mass is 475 g/mol. The van der Waals surface area contributed by atoms with Crippen LogP contribution in [-0.2, 0) is 0 Å². The fourth-order valence-corrected chi connectivity index (χ4v) is 3.39. The minimum Gasteiger partial charge on any atom is -0.368 e. The van der Waals surface area contributed by atoms with Gasteiger partial charge in [0.1, 0.15) is 5.82 Å². The van der Waals surface area contributed by atoms with Crippen LogP contribution in [0.15, 0.2) is 29.3 Å². The zero-order valence-corrected chi connectivity index (χ0v) is 18.3. The van der Waals surface area contributed by atoms with Crippen molar-refractivity contribution in [2.75, 3.05) is 51.7 Å². The third kappa shape index (κ3) is 5.45. The lowest BCUT2D eigenvalue weighted by Gasteiger charge is -2.38. The van der Waals surface area contributed by atoms with Gasteiger partial charge in [-0.3, -0.25) is 9.89 Å². The molecule has 26 heavy (non-hydrogen) atoms. The zero-order valence-electron chi connectivity index (χ0n) is 16.0. The summed E-state index contributed by atoms with van der Waals surface area (Å²) in [6, 6.07) is 8.05. The highest BCUT2D eigenvalue weighted by Gasteiger charge is 2.29. The Kier molecular flexibility index (Phi) is 7.94. The van der Waals surface area contributed by atoms with Gasteiger partial charge in [0.15, 0.2) is 5.96 Å². The Bertz CT molecular complexity index is 582. The van der Waals surface area contributed by atoms with E-state index in [-0.39, 0.29) is 29.8 Å². The topological polar surface area (TPSA) is 34.1 Å². The van der Waals surface area contributed by atoms with E-state index in [0.29, 0.717) is 6.04 Å². The summed E-state index contributed by atoms with van der Waals surface area (Å²) in [6.07, 6.45) is 2.67. The molecule has 0 amide bonds. The number of rotatable bonds is 5. The molecule has 146 valence electrons. The molecule has 1 aromatic rings. The van der Waals surface area contributed by atoms with Gasteiger partial charge in [0.05, 0.1) is 0 Å². The Morgan fingerprint density at radius 2 is 1.85 bits per heavy atom. The molecule has 5 nitrogen and oxygen atoms in total. The van der Waals surface area contributed by atoms with Crippen LogP contribution < -0.4 is 10.2 Å². The van der Waals surface area contributed by atoms with Crippen molar-refractivity contribution >= 4 is 35.6 Å². The average Bonchev–Trinajstić information content (AvgIpc) is 3.48. The van der Waals surface area contributed by atoms with Crippen LogP contribution in [-0.4, -0.2) is 74.7 Å². The molecule has 0 bridgehead atoms. The fourth-order valence-electron chi connectivity index (χ4n) is 3.39. The number of anilines is 1. The highest BCUT2D eigenvalue weighted by Crippen LogP contribution is 2.26. The van der Waals surface area contributed by atoms with Crippen LogP contribution >= 0.6 is 24.0 Å². The van der Waals surface area contributed by atoms with Crippen molar-refractivity contribution in [3.8, 4) is 0 Å². The Morgan fingerprint density at radius 1 is 1.23 bits per heavy atom. The second-order valence-electron chi connectivity index (χ2n) is 7.12. The maximum atomic E-state index is 13.1. The highest BCUT2D eigenvalue weighted by molar-refractivity contribution is 14.0. The van der Waals surface area contributed by atoms with Crippen LogP contribution in [0.25, 0.3) is 0 Å². The van der Waals surface area contributed by atoms with Gasteiger partial charge in [0.2, 0.25) is 0 Å². The number of hydrogen-bond acceptors (Lipinski definition) is 3. The summed E-state index contributed by atoms with van der Waals surface area (Å²) in [5.41, 5.74) is 1.09. The van der Waals surface area contributed by atoms with E-state index >= 15 is 0 Å². The maximum Gasteiger partial charge on any atom is 0.193 e. The number of nitrogens with one attached hydrogen (secondary N) is 1. The van der Waals surface area contributed by atoms with Crippen LogP contribution in [0.3, 0.4) is 0 Å². The lowest BCUT2D eigenvalue weighted by atomic mass is 10.2. The fraction of sp³-hybridized carbons (Fsp3) is 0.632. The number of piperazine rings is 1. The highest BCUT2D eigenvalue weighted by atomic mass is 127. The number of benzene rings is 1. The van der Waals surface area contributed by atoms with E-state index in [2.05, 4.69) is 39.0 Å². The molecule has 2 aliphatic rings. The molecule has 7 heteroatoms. The molecule has 3 rings (SSSR count). The second-order valence-corrected chi connectivity index (χ2v) is 7.12. The van der Waals surface area contributed by atoms with Crippen molar-refractivity contribution in [3.63, 3.8) is 0 Å². The standard InChI is InChI=1S/C19H30FN5.HI/c1-15(23(3)17-8-9-17)14-22-19(21-2)25-12-10-24(11-13-25)18-6-4-16(20)5-7-18;/h4-7,15,17H,8-14H2,1-3H3,(H,21,22);1H. The molecule has 0 spiro atoms. The van der Waals surface area contributed by atoms with Gasteiger partial charge in [-0.1, -0.05) is 0 Å². The van der Waals surface area contributed by atoms with Gasteiger partial charge in [0.25, 0.3) is 0 Å². The molecule has 2 fully saturated rings. The molecule has 1 N–H and O–H groups in total. The lowest BCUT2D eigenvalue weighted by molar-refractivity contribution is 0.245. The normalized spacial score (nSPS) is 19.3. The van der Waals surface area contributed by atoms with Gasteiger partial charge in [-0.25, -0.2) is 4.39 Å². The zero-order chi connectivity index (χ0) is 17.8. The molecule has 0 radical (unpaired) electrons. The SMILES string of the molecule is CN=C(NCC(C)N(C)C1CC1)N1CCN(c2ccc(F)cc2)CC1.I. The Hall–Kier alpha value is -1.09. The van der Waals surface area contributed by atoms with Crippen LogP contribution in [0, 0.1) is 5.82 Å². The number of hydrogen-bond donors (Lipinski definition) is 1. The van der Waals surface area contributed by atoms with E-state index in [1.54, 1.807) is 0 Å². The van der Waals surface area contributed by atoms with Crippen molar-refractivity contribution in [1.29, 1.82) is 0 Å². The predicted molar refractivity (Wildman–Crippen MR) is 117 cm³/mol. The second kappa shape index (κ2) is 9.73. The van der Waals surface area contributed by atoms with Crippen molar-refractivity contribution in [2.45, 2.75) is 31.8 Å². The van der Waals surface area contributed by atoms with Gasteiger partial charge in [-0.2, -0.15) is 0 Å². The third-order valence-electron chi connectivity index (χ3n) is 5.36. The number of likely N-dealkylation sites (N-methyl/N-ethyl adjacent to an activating group) is 1. The summed E-state index contributed by atoms with van der Waals surface area (Å²) in [7, 11) is 4.07. The molecule has 1 saturated carbocycles. The first-order valence-corrected chi connectivity index (χ1v) is 9.26. The van der Waals surface area contributed by atoms with Crippen molar-refractivity contribution < 1.29 is 4.39 Å². The van der Waals surface area contributed by atoms with Crippen molar-refractivity contribution in [3.05, 3.63) is 30.1 Å². The van der Waals surface area contributed by atoms with E-state index in [9.17, 15) is 4.39 Å². The molecular weight excluding hydrogens is 444 g/mol. The Labute approximate surface area is 173 Å². The summed E-state index contributed by atoms with van der Waals surface area (Å²) >= 11 is 0. The first-order chi connectivity index (χ1) is 12.1. The third-order valence-corrected chi connectivity index (χ3v) is 5.36. The number of nitrogens with zero attached hydrogens (tertiary/aromatic N) is 4. The minimum absolute atomic E-state index is 0. The average molecular weight is 475 g/mol. The quantitative estimate of drug-likeness (QED) is 0.404. The van der Waals surface area contributed by atoms with Crippen LogP contribution in [0.1, 0.15) is 19.8 Å². The first-order valence-electron chi connectivity index (χ1n) is 9.26. The van der Waals surface area contributed by atoms with Gasteiger partial charge >= 0.3 is 0 Å². The van der Waals surface area contributed by atoms with Gasteiger partial charge < -0.3 is 15.1 Å². The molecule has 1 aromatic carbocycles. The lowest BCUT2D eigenvalue weighted by Crippen LogP contribution is -2.54. The van der Waals surface area contributed by atoms with Crippen LogP contribution in [0.2, 0.25) is 0 Å². The first kappa shape index (κ1) is 21.2. The summed E-state index contributed by atoms with van der Waals surface area (Å²) in [5.74, 6) is 0.798. The molecule has 1 aliphatic heterocycles. The summed E-state index contributed by atoms with van der Waals surface area (Å²) < 4.78 is 13.1. The van der Waals surface area contributed by atoms with Gasteiger partial charge in [-0.05, 0) is 51.1 Å². The van der Waals surface area contributed by atoms with Gasteiger partial charge in [0, 0.05) is 57.5 Å².